The summed E-state index contributed by atoms with van der Waals surface area (Å²) in [4.78, 5) is 0.496. The van der Waals surface area contributed by atoms with E-state index in [2.05, 4.69) is 0 Å². The second kappa shape index (κ2) is 8.97. The third-order valence-corrected chi connectivity index (χ3v) is 6.11. The highest BCUT2D eigenvalue weighted by atomic mass is 32.2. The molecule has 0 N–H and O–H groups in total. The molecule has 0 saturated carbocycles. The minimum atomic E-state index is -3.57. The van der Waals surface area contributed by atoms with Crippen molar-refractivity contribution in [1.29, 1.82) is 0 Å². The Hall–Kier alpha value is -3.05. The van der Waals surface area contributed by atoms with E-state index in [-0.39, 0.29) is 9.79 Å². The molecule has 5 heteroatoms. The summed E-state index contributed by atoms with van der Waals surface area (Å²) in [6, 6.07) is 18.9. The Kier molecular flexibility index (Phi) is 6.39. The van der Waals surface area contributed by atoms with Crippen molar-refractivity contribution >= 4 is 15.9 Å². The summed E-state index contributed by atoms with van der Waals surface area (Å²) in [6.45, 7) is 6.30. The van der Waals surface area contributed by atoms with E-state index in [1.165, 1.54) is 0 Å². The van der Waals surface area contributed by atoms with E-state index < -0.39 is 9.84 Å². The Labute approximate surface area is 172 Å². The van der Waals surface area contributed by atoms with Crippen LogP contribution in [-0.2, 0) is 9.84 Å². The molecule has 0 aliphatic carbocycles. The maximum absolute atomic E-state index is 12.8. The Morgan fingerprint density at radius 3 is 2.07 bits per heavy atom. The summed E-state index contributed by atoms with van der Waals surface area (Å²) in [6.07, 6.45) is 3.92. The number of allylic oxidation sites excluding steroid dienone is 1. The molecule has 0 aromatic heterocycles. The fraction of sp³-hybridized carbons (Fsp3) is 0.167. The van der Waals surface area contributed by atoms with Gasteiger partial charge in [-0.05, 0) is 74.9 Å². The van der Waals surface area contributed by atoms with Crippen molar-refractivity contribution in [2.75, 3.05) is 6.61 Å². The van der Waals surface area contributed by atoms with Crippen molar-refractivity contribution in [2.45, 2.75) is 30.6 Å². The van der Waals surface area contributed by atoms with Crippen molar-refractivity contribution in [3.8, 4) is 17.2 Å². The number of ether oxygens (including phenoxy) is 2. The first-order valence-electron chi connectivity index (χ1n) is 9.43. The van der Waals surface area contributed by atoms with Crippen LogP contribution in [0.15, 0.2) is 82.6 Å². The topological polar surface area (TPSA) is 52.6 Å². The molecule has 0 aliphatic heterocycles. The van der Waals surface area contributed by atoms with Crippen LogP contribution in [0, 0.1) is 6.92 Å². The lowest BCUT2D eigenvalue weighted by Crippen LogP contribution is -2.02. The SMILES string of the molecule is C/C=C/c1ccc(OCC)c(Oc2ccc(S(=O)(=O)c3ccc(C)cc3)cc2)c1. The fourth-order valence-electron chi connectivity index (χ4n) is 2.84. The summed E-state index contributed by atoms with van der Waals surface area (Å²) in [5, 5.41) is 0. The van der Waals surface area contributed by atoms with Crippen LogP contribution in [0.25, 0.3) is 6.08 Å². The third kappa shape index (κ3) is 4.87. The molecule has 0 unspecified atom stereocenters. The summed E-state index contributed by atoms with van der Waals surface area (Å²) in [5.74, 6) is 1.75. The van der Waals surface area contributed by atoms with Crippen LogP contribution >= 0.6 is 0 Å². The van der Waals surface area contributed by atoms with E-state index in [9.17, 15) is 8.42 Å². The van der Waals surface area contributed by atoms with E-state index in [0.29, 0.717) is 23.9 Å². The van der Waals surface area contributed by atoms with Gasteiger partial charge in [0.05, 0.1) is 16.4 Å². The highest BCUT2D eigenvalue weighted by Crippen LogP contribution is 2.34. The molecule has 29 heavy (non-hydrogen) atoms. The maximum Gasteiger partial charge on any atom is 0.206 e. The van der Waals surface area contributed by atoms with Gasteiger partial charge in [-0.25, -0.2) is 8.42 Å². The van der Waals surface area contributed by atoms with E-state index >= 15 is 0 Å². The Morgan fingerprint density at radius 2 is 1.48 bits per heavy atom. The molecule has 0 spiro atoms. The molecular weight excluding hydrogens is 384 g/mol. The number of hydrogen-bond acceptors (Lipinski definition) is 4. The Bertz CT molecular complexity index is 1100. The van der Waals surface area contributed by atoms with Gasteiger partial charge in [-0.1, -0.05) is 35.9 Å². The van der Waals surface area contributed by atoms with Gasteiger partial charge in [0.15, 0.2) is 11.5 Å². The first kappa shape index (κ1) is 20.7. The summed E-state index contributed by atoms with van der Waals surface area (Å²) < 4.78 is 37.2. The van der Waals surface area contributed by atoms with Crippen molar-refractivity contribution in [2.24, 2.45) is 0 Å². The first-order chi connectivity index (χ1) is 13.9. The van der Waals surface area contributed by atoms with Crippen LogP contribution in [0.1, 0.15) is 25.0 Å². The highest BCUT2D eigenvalue weighted by molar-refractivity contribution is 7.91. The van der Waals surface area contributed by atoms with E-state index in [0.717, 1.165) is 11.1 Å². The van der Waals surface area contributed by atoms with Gasteiger partial charge in [0.1, 0.15) is 5.75 Å². The number of aryl methyl sites for hydroxylation is 1. The summed E-state index contributed by atoms with van der Waals surface area (Å²) in [5.41, 5.74) is 2.00. The standard InChI is InChI=1S/C24H24O4S/c1-4-6-19-9-16-23(27-5-2)24(17-19)28-20-10-14-22(15-11-20)29(25,26)21-12-7-18(3)8-13-21/h4,6-17H,5H2,1-3H3/b6-4+. The van der Waals surface area contributed by atoms with E-state index in [1.54, 1.807) is 48.5 Å². The van der Waals surface area contributed by atoms with Gasteiger partial charge in [0.2, 0.25) is 9.84 Å². The summed E-state index contributed by atoms with van der Waals surface area (Å²) >= 11 is 0. The zero-order valence-electron chi connectivity index (χ0n) is 16.8. The lowest BCUT2D eigenvalue weighted by Gasteiger charge is -2.13. The average Bonchev–Trinajstić information content (AvgIpc) is 2.71. The van der Waals surface area contributed by atoms with Gasteiger partial charge < -0.3 is 9.47 Å². The van der Waals surface area contributed by atoms with Crippen LogP contribution in [0.4, 0.5) is 0 Å². The summed E-state index contributed by atoms with van der Waals surface area (Å²) in [7, 11) is -3.57. The average molecular weight is 409 g/mol. The van der Waals surface area contributed by atoms with E-state index in [4.69, 9.17) is 9.47 Å². The van der Waals surface area contributed by atoms with Crippen LogP contribution in [0.2, 0.25) is 0 Å². The van der Waals surface area contributed by atoms with Gasteiger partial charge >= 0.3 is 0 Å². The molecule has 150 valence electrons. The predicted octanol–water partition coefficient (Wildman–Crippen LogP) is 6.05. The van der Waals surface area contributed by atoms with Crippen molar-refractivity contribution < 1.29 is 17.9 Å². The van der Waals surface area contributed by atoms with Gasteiger partial charge in [0.25, 0.3) is 0 Å². The second-order valence-corrected chi connectivity index (χ2v) is 8.48. The first-order valence-corrected chi connectivity index (χ1v) is 10.9. The third-order valence-electron chi connectivity index (χ3n) is 4.32. The molecule has 4 nitrogen and oxygen atoms in total. The molecule has 0 heterocycles. The van der Waals surface area contributed by atoms with Gasteiger partial charge in [0, 0.05) is 0 Å². The van der Waals surface area contributed by atoms with Crippen LogP contribution < -0.4 is 9.47 Å². The zero-order valence-corrected chi connectivity index (χ0v) is 17.6. The molecule has 0 atom stereocenters. The van der Waals surface area contributed by atoms with Crippen molar-refractivity contribution in [3.63, 3.8) is 0 Å². The number of hydrogen-bond donors (Lipinski definition) is 0. The van der Waals surface area contributed by atoms with Crippen molar-refractivity contribution in [3.05, 3.63) is 83.9 Å². The number of rotatable bonds is 7. The van der Waals surface area contributed by atoms with Crippen LogP contribution in [-0.4, -0.2) is 15.0 Å². The molecule has 0 saturated heterocycles. The van der Waals surface area contributed by atoms with Gasteiger partial charge in [-0.3, -0.25) is 0 Å². The maximum atomic E-state index is 12.8. The number of sulfone groups is 1. The quantitative estimate of drug-likeness (QED) is 0.477. The second-order valence-electron chi connectivity index (χ2n) is 6.53. The molecule has 3 aromatic carbocycles. The molecule has 3 aromatic rings. The lowest BCUT2D eigenvalue weighted by atomic mass is 10.2. The largest absolute Gasteiger partial charge is 0.490 e. The fourth-order valence-corrected chi connectivity index (χ4v) is 4.10. The van der Waals surface area contributed by atoms with Crippen LogP contribution in [0.5, 0.6) is 17.2 Å². The smallest absolute Gasteiger partial charge is 0.206 e. The minimum absolute atomic E-state index is 0.224. The molecular formula is C24H24O4S. The van der Waals surface area contributed by atoms with Gasteiger partial charge in [-0.15, -0.1) is 0 Å². The molecule has 0 amide bonds. The number of benzene rings is 3. The molecule has 3 rings (SSSR count). The molecule has 0 radical (unpaired) electrons. The lowest BCUT2D eigenvalue weighted by molar-refractivity contribution is 0.321. The molecule has 0 fully saturated rings. The van der Waals surface area contributed by atoms with Crippen molar-refractivity contribution in [1.82, 2.24) is 0 Å². The predicted molar refractivity (Wildman–Crippen MR) is 115 cm³/mol. The van der Waals surface area contributed by atoms with E-state index in [1.807, 2.05) is 51.1 Å². The molecule has 0 bridgehead atoms. The monoisotopic (exact) mass is 408 g/mol. The zero-order chi connectivity index (χ0) is 20.9. The van der Waals surface area contributed by atoms with Crippen LogP contribution in [0.3, 0.4) is 0 Å². The molecule has 0 aliphatic rings. The normalized spacial score (nSPS) is 11.6. The highest BCUT2D eigenvalue weighted by Gasteiger charge is 2.17. The van der Waals surface area contributed by atoms with Gasteiger partial charge in [-0.2, -0.15) is 0 Å². The Balaban J connectivity index is 1.87. The minimum Gasteiger partial charge on any atom is -0.490 e. The Morgan fingerprint density at radius 1 is 0.862 bits per heavy atom.